The third-order valence-corrected chi connectivity index (χ3v) is 5.84. The normalized spacial score (nSPS) is 11.5. The van der Waals surface area contributed by atoms with Crippen molar-refractivity contribution in [3.05, 3.63) is 58.7 Å². The topological polar surface area (TPSA) is 63.9 Å². The molecular weight excluding hydrogens is 474 g/mol. The minimum absolute atomic E-state index is 0.103. The van der Waals surface area contributed by atoms with Gasteiger partial charge in [0.25, 0.3) is 0 Å². The molecule has 6 nitrogen and oxygen atoms in total. The number of thioether (sulfide) groups is 1. The van der Waals surface area contributed by atoms with Crippen LogP contribution in [0.2, 0.25) is 10.2 Å². The van der Waals surface area contributed by atoms with E-state index in [0.29, 0.717) is 17.9 Å². The molecule has 3 rings (SSSR count). The van der Waals surface area contributed by atoms with Crippen LogP contribution in [0.4, 0.5) is 18.9 Å². The second-order valence-electron chi connectivity index (χ2n) is 6.21. The van der Waals surface area contributed by atoms with Crippen molar-refractivity contribution >= 4 is 46.6 Å². The molecule has 0 aliphatic heterocycles. The molecule has 3 aromatic heterocycles. The van der Waals surface area contributed by atoms with Gasteiger partial charge in [-0.1, -0.05) is 23.2 Å². The summed E-state index contributed by atoms with van der Waals surface area (Å²) in [4.78, 5) is 22.0. The average molecular weight is 490 g/mol. The quantitative estimate of drug-likeness (QED) is 0.408. The molecular formula is C19H16Cl2F3N5OS. The number of carbonyl (C=O) groups excluding carboxylic acids is 1. The molecule has 0 N–H and O–H groups in total. The monoisotopic (exact) mass is 489 g/mol. The zero-order chi connectivity index (χ0) is 22.6. The maximum Gasteiger partial charge on any atom is 0.417 e. The van der Waals surface area contributed by atoms with Crippen LogP contribution in [0.3, 0.4) is 0 Å². The van der Waals surface area contributed by atoms with Crippen LogP contribution in [0.5, 0.6) is 0 Å². The number of amides is 1. The van der Waals surface area contributed by atoms with Gasteiger partial charge in [0.05, 0.1) is 28.7 Å². The number of alkyl halides is 3. The van der Waals surface area contributed by atoms with Gasteiger partial charge in [0.2, 0.25) is 5.91 Å². The zero-order valence-corrected chi connectivity index (χ0v) is 18.4. The van der Waals surface area contributed by atoms with Crippen molar-refractivity contribution in [3.63, 3.8) is 0 Å². The fourth-order valence-corrected chi connectivity index (χ4v) is 4.04. The van der Waals surface area contributed by atoms with E-state index >= 15 is 0 Å². The average Bonchev–Trinajstić information content (AvgIpc) is 3.11. The van der Waals surface area contributed by atoms with Crippen LogP contribution in [-0.4, -0.2) is 38.0 Å². The summed E-state index contributed by atoms with van der Waals surface area (Å²) in [7, 11) is 0. The second kappa shape index (κ2) is 9.88. The van der Waals surface area contributed by atoms with Gasteiger partial charge in [-0.05, 0) is 25.1 Å². The van der Waals surface area contributed by atoms with Gasteiger partial charge in [0, 0.05) is 31.1 Å². The SMILES string of the molecule is CCN(C(=O)CCSc1ncc(C(F)(F)F)cc1Cl)c1cn(-c2cccnc2)nc1Cl. The number of rotatable bonds is 7. The number of pyridine rings is 2. The van der Waals surface area contributed by atoms with Crippen LogP contribution in [0.25, 0.3) is 5.69 Å². The van der Waals surface area contributed by atoms with Crippen molar-refractivity contribution in [3.8, 4) is 5.69 Å². The number of hydrogen-bond acceptors (Lipinski definition) is 5. The molecule has 31 heavy (non-hydrogen) atoms. The third kappa shape index (κ3) is 5.69. The van der Waals surface area contributed by atoms with E-state index in [9.17, 15) is 18.0 Å². The maximum absolute atomic E-state index is 12.7. The Labute approximate surface area is 190 Å². The number of aromatic nitrogens is 4. The summed E-state index contributed by atoms with van der Waals surface area (Å²) in [6, 6.07) is 4.38. The molecule has 0 aliphatic carbocycles. The lowest BCUT2D eigenvalue weighted by molar-refractivity contribution is -0.137. The van der Waals surface area contributed by atoms with Gasteiger partial charge in [-0.2, -0.15) is 18.3 Å². The van der Waals surface area contributed by atoms with Crippen molar-refractivity contribution in [1.82, 2.24) is 19.7 Å². The molecule has 0 fully saturated rings. The molecule has 1 amide bonds. The van der Waals surface area contributed by atoms with E-state index in [1.54, 1.807) is 37.6 Å². The van der Waals surface area contributed by atoms with Gasteiger partial charge in [-0.3, -0.25) is 9.78 Å². The lowest BCUT2D eigenvalue weighted by Crippen LogP contribution is -2.30. The molecule has 0 bridgehead atoms. The predicted octanol–water partition coefficient (Wildman–Crippen LogP) is 5.52. The van der Waals surface area contributed by atoms with Crippen molar-refractivity contribution in [2.45, 2.75) is 24.5 Å². The van der Waals surface area contributed by atoms with Crippen molar-refractivity contribution in [2.24, 2.45) is 0 Å². The van der Waals surface area contributed by atoms with Crippen molar-refractivity contribution < 1.29 is 18.0 Å². The van der Waals surface area contributed by atoms with E-state index in [4.69, 9.17) is 23.2 Å². The lowest BCUT2D eigenvalue weighted by Gasteiger charge is -2.19. The highest BCUT2D eigenvalue weighted by molar-refractivity contribution is 7.99. The Hall–Kier alpha value is -2.30. The van der Waals surface area contributed by atoms with Crippen LogP contribution in [-0.2, 0) is 11.0 Å². The van der Waals surface area contributed by atoms with Gasteiger partial charge in [-0.25, -0.2) is 9.67 Å². The number of anilines is 1. The summed E-state index contributed by atoms with van der Waals surface area (Å²) in [5, 5.41) is 4.51. The molecule has 0 atom stereocenters. The van der Waals surface area contributed by atoms with Crippen LogP contribution in [0.15, 0.2) is 48.0 Å². The van der Waals surface area contributed by atoms with Gasteiger partial charge in [0.1, 0.15) is 10.7 Å². The largest absolute Gasteiger partial charge is 0.417 e. The lowest BCUT2D eigenvalue weighted by atomic mass is 10.3. The third-order valence-electron chi connectivity index (χ3n) is 4.16. The van der Waals surface area contributed by atoms with Crippen molar-refractivity contribution in [2.75, 3.05) is 17.2 Å². The van der Waals surface area contributed by atoms with E-state index < -0.39 is 11.7 Å². The Kier molecular flexibility index (Phi) is 7.45. The number of halogens is 5. The maximum atomic E-state index is 12.7. The molecule has 0 aromatic carbocycles. The Bertz CT molecular complexity index is 1060. The molecule has 0 unspecified atom stereocenters. The van der Waals surface area contributed by atoms with E-state index in [2.05, 4.69) is 15.1 Å². The van der Waals surface area contributed by atoms with Crippen molar-refractivity contribution in [1.29, 1.82) is 0 Å². The molecule has 3 aromatic rings. The first kappa shape index (κ1) is 23.4. The predicted molar refractivity (Wildman–Crippen MR) is 114 cm³/mol. The second-order valence-corrected chi connectivity index (χ2v) is 8.05. The highest BCUT2D eigenvalue weighted by Gasteiger charge is 2.31. The fraction of sp³-hybridized carbons (Fsp3) is 0.263. The Morgan fingerprint density at radius 3 is 2.68 bits per heavy atom. The Morgan fingerprint density at radius 1 is 1.29 bits per heavy atom. The standard InChI is InChI=1S/C19H16Cl2F3N5OS/c1-2-28(15-11-29(27-17(15)21)13-4-3-6-25-10-13)16(30)5-7-31-18-14(20)8-12(9-26-18)19(22,23)24/h3-4,6,8-11H,2,5,7H2,1H3. The minimum atomic E-state index is -4.52. The molecule has 0 aliphatic rings. The summed E-state index contributed by atoms with van der Waals surface area (Å²) < 4.78 is 39.7. The highest BCUT2D eigenvalue weighted by Crippen LogP contribution is 2.34. The van der Waals surface area contributed by atoms with E-state index in [0.717, 1.165) is 24.0 Å². The minimum Gasteiger partial charge on any atom is -0.308 e. The highest BCUT2D eigenvalue weighted by atomic mass is 35.5. The number of carbonyl (C=O) groups is 1. The zero-order valence-electron chi connectivity index (χ0n) is 16.1. The first-order chi connectivity index (χ1) is 14.7. The van der Waals surface area contributed by atoms with Gasteiger partial charge in [0.15, 0.2) is 5.15 Å². The first-order valence-corrected chi connectivity index (χ1v) is 10.8. The van der Waals surface area contributed by atoms with Crippen LogP contribution < -0.4 is 4.90 Å². The molecule has 0 radical (unpaired) electrons. The molecule has 0 saturated heterocycles. The molecule has 12 heteroatoms. The summed E-state index contributed by atoms with van der Waals surface area (Å²) in [6.45, 7) is 2.16. The van der Waals surface area contributed by atoms with E-state index in [1.165, 1.54) is 9.58 Å². The number of hydrogen-bond donors (Lipinski definition) is 0. The van der Waals surface area contributed by atoms with Crippen LogP contribution >= 0.6 is 35.0 Å². The van der Waals surface area contributed by atoms with Gasteiger partial charge < -0.3 is 4.90 Å². The summed E-state index contributed by atoms with van der Waals surface area (Å²) in [6.07, 6.45) is 1.20. The van der Waals surface area contributed by atoms with Gasteiger partial charge >= 0.3 is 6.18 Å². The summed E-state index contributed by atoms with van der Waals surface area (Å²) >= 11 is 13.3. The summed E-state index contributed by atoms with van der Waals surface area (Å²) in [5.74, 6) is 0.0626. The first-order valence-electron chi connectivity index (χ1n) is 9.02. The van der Waals surface area contributed by atoms with Gasteiger partial charge in [-0.15, -0.1) is 11.8 Å². The van der Waals surface area contributed by atoms with E-state index in [1.807, 2.05) is 0 Å². The van der Waals surface area contributed by atoms with Crippen LogP contribution in [0, 0.1) is 0 Å². The van der Waals surface area contributed by atoms with Crippen LogP contribution in [0.1, 0.15) is 18.9 Å². The molecule has 3 heterocycles. The number of nitrogens with zero attached hydrogens (tertiary/aromatic N) is 5. The fourth-order valence-electron chi connectivity index (χ4n) is 2.68. The smallest absolute Gasteiger partial charge is 0.308 e. The molecule has 0 saturated carbocycles. The molecule has 164 valence electrons. The Morgan fingerprint density at radius 2 is 2.06 bits per heavy atom. The molecule has 0 spiro atoms. The Balaban J connectivity index is 1.65. The van der Waals surface area contributed by atoms with E-state index in [-0.39, 0.29) is 33.3 Å². The summed E-state index contributed by atoms with van der Waals surface area (Å²) in [5.41, 5.74) is 0.224.